The van der Waals surface area contributed by atoms with E-state index in [0.717, 1.165) is 18.7 Å². The largest absolute Gasteiger partial charge is 0.484 e. The molecule has 0 bridgehead atoms. The van der Waals surface area contributed by atoms with E-state index in [1.165, 1.54) is 12.1 Å². The number of halogens is 3. The van der Waals surface area contributed by atoms with E-state index in [1.807, 2.05) is 13.8 Å². The van der Waals surface area contributed by atoms with E-state index in [0.29, 0.717) is 6.54 Å². The number of hydrogen-bond donors (Lipinski definition) is 2. The Morgan fingerprint density at radius 1 is 1.38 bits per heavy atom. The van der Waals surface area contributed by atoms with Gasteiger partial charge in [0.1, 0.15) is 5.75 Å². The highest BCUT2D eigenvalue weighted by molar-refractivity contribution is 5.77. The predicted octanol–water partition coefficient (Wildman–Crippen LogP) is 2.20. The molecule has 0 aliphatic carbocycles. The number of amides is 1. The van der Waals surface area contributed by atoms with Crippen molar-refractivity contribution in [2.24, 2.45) is 0 Å². The van der Waals surface area contributed by atoms with Crippen LogP contribution in [-0.2, 0) is 11.0 Å². The van der Waals surface area contributed by atoms with Crippen molar-refractivity contribution in [3.8, 4) is 5.75 Å². The number of hydrogen-bond acceptors (Lipinski definition) is 3. The standard InChI is InChI=1S/C14H19F3N2O2/c1-3-18-10(2)8-19-13(20)9-21-12-6-4-5-11(7-12)14(15,16)17/h4-7,10,18H,3,8-9H2,1-2H3,(H,19,20)/t10-/m1/s1. The fourth-order valence-corrected chi connectivity index (χ4v) is 1.65. The molecule has 1 rings (SSSR count). The lowest BCUT2D eigenvalue weighted by Crippen LogP contribution is -2.40. The van der Waals surface area contributed by atoms with Crippen molar-refractivity contribution in [3.63, 3.8) is 0 Å². The molecule has 0 heterocycles. The minimum absolute atomic E-state index is 0.0136. The zero-order chi connectivity index (χ0) is 15.9. The molecule has 21 heavy (non-hydrogen) atoms. The van der Waals surface area contributed by atoms with Crippen LogP contribution < -0.4 is 15.4 Å². The summed E-state index contributed by atoms with van der Waals surface area (Å²) in [6.45, 7) is 4.77. The maximum atomic E-state index is 12.5. The van der Waals surface area contributed by atoms with Crippen molar-refractivity contribution in [2.75, 3.05) is 19.7 Å². The molecule has 0 radical (unpaired) electrons. The molecule has 0 aliphatic rings. The lowest BCUT2D eigenvalue weighted by atomic mass is 10.2. The van der Waals surface area contributed by atoms with E-state index < -0.39 is 11.7 Å². The molecule has 0 aliphatic heterocycles. The van der Waals surface area contributed by atoms with Crippen molar-refractivity contribution in [3.05, 3.63) is 29.8 Å². The highest BCUT2D eigenvalue weighted by Crippen LogP contribution is 2.31. The van der Waals surface area contributed by atoms with Crippen LogP contribution in [0.2, 0.25) is 0 Å². The lowest BCUT2D eigenvalue weighted by Gasteiger charge is -2.14. The van der Waals surface area contributed by atoms with Gasteiger partial charge in [0.05, 0.1) is 5.56 Å². The van der Waals surface area contributed by atoms with Crippen LogP contribution in [0.25, 0.3) is 0 Å². The van der Waals surface area contributed by atoms with Gasteiger partial charge in [-0.15, -0.1) is 0 Å². The quantitative estimate of drug-likeness (QED) is 0.812. The molecule has 7 heteroatoms. The average molecular weight is 304 g/mol. The third kappa shape index (κ3) is 6.48. The summed E-state index contributed by atoms with van der Waals surface area (Å²) in [5.74, 6) is -0.364. The van der Waals surface area contributed by atoms with Gasteiger partial charge in [0.15, 0.2) is 6.61 Å². The minimum atomic E-state index is -4.43. The molecule has 1 atom stereocenters. The zero-order valence-electron chi connectivity index (χ0n) is 12.0. The highest BCUT2D eigenvalue weighted by atomic mass is 19.4. The molecule has 1 amide bonds. The topological polar surface area (TPSA) is 50.4 Å². The van der Waals surface area contributed by atoms with Crippen LogP contribution in [0.15, 0.2) is 24.3 Å². The Balaban J connectivity index is 2.43. The maximum Gasteiger partial charge on any atom is 0.416 e. The second-order valence-corrected chi connectivity index (χ2v) is 4.58. The van der Waals surface area contributed by atoms with Crippen LogP contribution in [0.4, 0.5) is 13.2 Å². The monoisotopic (exact) mass is 304 g/mol. The summed E-state index contributed by atoms with van der Waals surface area (Å²) in [5.41, 5.74) is -0.804. The van der Waals surface area contributed by atoms with Gasteiger partial charge in [-0.25, -0.2) is 0 Å². The van der Waals surface area contributed by atoms with Gasteiger partial charge in [-0.3, -0.25) is 4.79 Å². The van der Waals surface area contributed by atoms with Crippen molar-refractivity contribution in [2.45, 2.75) is 26.1 Å². The number of ether oxygens (including phenoxy) is 1. The van der Waals surface area contributed by atoms with Crippen molar-refractivity contribution >= 4 is 5.91 Å². The van der Waals surface area contributed by atoms with Gasteiger partial charge in [0, 0.05) is 12.6 Å². The Morgan fingerprint density at radius 2 is 2.10 bits per heavy atom. The highest BCUT2D eigenvalue weighted by Gasteiger charge is 2.30. The van der Waals surface area contributed by atoms with Gasteiger partial charge in [0.2, 0.25) is 0 Å². The summed E-state index contributed by atoms with van der Waals surface area (Å²) in [5, 5.41) is 5.75. The SMILES string of the molecule is CCN[C@H](C)CNC(=O)COc1cccc(C(F)(F)F)c1. The van der Waals surface area contributed by atoms with Crippen LogP contribution in [0.3, 0.4) is 0 Å². The Hall–Kier alpha value is -1.76. The van der Waals surface area contributed by atoms with E-state index in [9.17, 15) is 18.0 Å². The molecule has 1 aromatic rings. The first-order valence-electron chi connectivity index (χ1n) is 6.63. The first kappa shape index (κ1) is 17.3. The molecule has 2 N–H and O–H groups in total. The number of carbonyl (C=O) groups excluding carboxylic acids is 1. The molecule has 0 saturated heterocycles. The number of benzene rings is 1. The molecular weight excluding hydrogens is 285 g/mol. The van der Waals surface area contributed by atoms with E-state index in [-0.39, 0.29) is 24.3 Å². The summed E-state index contributed by atoms with van der Waals surface area (Å²) < 4.78 is 42.6. The molecular formula is C14H19F3N2O2. The average Bonchev–Trinajstić information content (AvgIpc) is 2.42. The van der Waals surface area contributed by atoms with Crippen LogP contribution in [0, 0.1) is 0 Å². The van der Waals surface area contributed by atoms with Gasteiger partial charge in [-0.1, -0.05) is 13.0 Å². The fourth-order valence-electron chi connectivity index (χ4n) is 1.65. The van der Waals surface area contributed by atoms with Gasteiger partial charge >= 0.3 is 6.18 Å². The number of nitrogens with one attached hydrogen (secondary N) is 2. The lowest BCUT2D eigenvalue weighted by molar-refractivity contribution is -0.137. The maximum absolute atomic E-state index is 12.5. The third-order valence-corrected chi connectivity index (χ3v) is 2.69. The summed E-state index contributed by atoms with van der Waals surface area (Å²) in [4.78, 5) is 11.5. The Labute approximate surface area is 121 Å². The van der Waals surface area contributed by atoms with Crippen molar-refractivity contribution in [1.82, 2.24) is 10.6 Å². The summed E-state index contributed by atoms with van der Waals surface area (Å²) >= 11 is 0. The number of rotatable bonds is 7. The summed E-state index contributed by atoms with van der Waals surface area (Å²) in [7, 11) is 0. The van der Waals surface area contributed by atoms with Crippen molar-refractivity contribution in [1.29, 1.82) is 0 Å². The number of likely N-dealkylation sites (N-methyl/N-ethyl adjacent to an activating group) is 1. The van der Waals surface area contributed by atoms with E-state index in [2.05, 4.69) is 10.6 Å². The molecule has 118 valence electrons. The Bertz CT molecular complexity index is 464. The third-order valence-electron chi connectivity index (χ3n) is 2.69. The van der Waals surface area contributed by atoms with Crippen LogP contribution in [0.5, 0.6) is 5.75 Å². The summed E-state index contributed by atoms with van der Waals surface area (Å²) in [6.07, 6.45) is -4.43. The first-order valence-corrected chi connectivity index (χ1v) is 6.63. The molecule has 0 unspecified atom stereocenters. The fraction of sp³-hybridized carbons (Fsp3) is 0.500. The second-order valence-electron chi connectivity index (χ2n) is 4.58. The van der Waals surface area contributed by atoms with Crippen LogP contribution in [-0.4, -0.2) is 31.6 Å². The van der Waals surface area contributed by atoms with E-state index in [4.69, 9.17) is 4.74 Å². The van der Waals surface area contributed by atoms with Crippen molar-refractivity contribution < 1.29 is 22.7 Å². The number of alkyl halides is 3. The molecule has 0 spiro atoms. The second kappa shape index (κ2) is 7.87. The van der Waals surface area contributed by atoms with Gasteiger partial charge in [-0.05, 0) is 31.7 Å². The smallest absolute Gasteiger partial charge is 0.416 e. The predicted molar refractivity (Wildman–Crippen MR) is 73.1 cm³/mol. The minimum Gasteiger partial charge on any atom is -0.484 e. The van der Waals surface area contributed by atoms with Crippen LogP contribution >= 0.6 is 0 Å². The molecule has 1 aromatic carbocycles. The zero-order valence-corrected chi connectivity index (χ0v) is 12.0. The molecule has 0 aromatic heterocycles. The molecule has 4 nitrogen and oxygen atoms in total. The van der Waals surface area contributed by atoms with E-state index in [1.54, 1.807) is 0 Å². The van der Waals surface area contributed by atoms with Gasteiger partial charge < -0.3 is 15.4 Å². The molecule has 0 fully saturated rings. The van der Waals surface area contributed by atoms with Gasteiger partial charge in [-0.2, -0.15) is 13.2 Å². The van der Waals surface area contributed by atoms with Crippen LogP contribution in [0.1, 0.15) is 19.4 Å². The normalized spacial score (nSPS) is 12.8. The number of carbonyl (C=O) groups is 1. The Morgan fingerprint density at radius 3 is 2.71 bits per heavy atom. The Kier molecular flexibility index (Phi) is 6.48. The molecule has 0 saturated carbocycles. The first-order chi connectivity index (χ1) is 9.82. The van der Waals surface area contributed by atoms with E-state index >= 15 is 0 Å². The summed E-state index contributed by atoms with van der Waals surface area (Å²) in [6, 6.07) is 4.56. The van der Waals surface area contributed by atoms with Gasteiger partial charge in [0.25, 0.3) is 5.91 Å².